The van der Waals surface area contributed by atoms with Crippen LogP contribution in [0.1, 0.15) is 67.8 Å². The quantitative estimate of drug-likeness (QED) is 0.0718. The summed E-state index contributed by atoms with van der Waals surface area (Å²) in [7, 11) is 0. The predicted octanol–water partition coefficient (Wildman–Crippen LogP) is 8.13. The fourth-order valence-corrected chi connectivity index (χ4v) is 9.21. The first kappa shape index (κ1) is 38.1. The van der Waals surface area contributed by atoms with Crippen LogP contribution in [0, 0.1) is 0 Å². The number of thioether (sulfide) groups is 2. The van der Waals surface area contributed by atoms with E-state index in [0.717, 1.165) is 134 Å². The summed E-state index contributed by atoms with van der Waals surface area (Å²) in [4.78, 5) is 16.2. The molecule has 6 aromatic rings. The fraction of sp³-hybridized carbons (Fsp3) is 0.350. The van der Waals surface area contributed by atoms with Crippen molar-refractivity contribution in [2.75, 3.05) is 49.3 Å². The number of thiazole rings is 1. The molecule has 13 nitrogen and oxygen atoms in total. The van der Waals surface area contributed by atoms with Crippen LogP contribution < -0.4 is 21.3 Å². The summed E-state index contributed by atoms with van der Waals surface area (Å²) in [5.41, 5.74) is 8.65. The first-order valence-electron chi connectivity index (χ1n) is 18.9. The van der Waals surface area contributed by atoms with Gasteiger partial charge in [0, 0.05) is 60.6 Å². The molecule has 2 aliphatic rings. The lowest BCUT2D eigenvalue weighted by Crippen LogP contribution is -2.29. The maximum atomic E-state index is 5.22. The second-order valence-corrected chi connectivity index (χ2v) is 17.0. The number of rotatable bonds is 13. The minimum absolute atomic E-state index is 0.331. The minimum atomic E-state index is 0.331. The van der Waals surface area contributed by atoms with Gasteiger partial charge in [0.2, 0.25) is 0 Å². The largest absolute Gasteiger partial charge is 0.335 e. The lowest BCUT2D eigenvalue weighted by atomic mass is 9.96. The molecule has 2 atom stereocenters. The zero-order valence-corrected chi connectivity index (χ0v) is 34.5. The fourth-order valence-electron chi connectivity index (χ4n) is 7.23. The Labute approximate surface area is 339 Å². The van der Waals surface area contributed by atoms with E-state index in [4.69, 9.17) is 25.1 Å². The highest BCUT2D eigenvalue weighted by atomic mass is 32.2. The molecule has 290 valence electrons. The monoisotopic (exact) mass is 805 g/mol. The lowest BCUT2D eigenvalue weighted by molar-refractivity contribution is 0.455. The van der Waals surface area contributed by atoms with Crippen LogP contribution in [-0.4, -0.2) is 83.1 Å². The third kappa shape index (κ3) is 8.34. The third-order valence-corrected chi connectivity index (χ3v) is 12.3. The van der Waals surface area contributed by atoms with Gasteiger partial charge in [0.1, 0.15) is 16.6 Å². The Hall–Kier alpha value is -4.74. The van der Waals surface area contributed by atoms with Gasteiger partial charge in [-0.1, -0.05) is 12.2 Å². The van der Waals surface area contributed by atoms with Gasteiger partial charge in [-0.2, -0.15) is 24.3 Å². The van der Waals surface area contributed by atoms with Gasteiger partial charge in [-0.25, -0.2) is 15.0 Å². The topological polar surface area (TPSA) is 150 Å². The molecule has 2 saturated heterocycles. The van der Waals surface area contributed by atoms with Crippen molar-refractivity contribution < 1.29 is 0 Å². The molecule has 0 spiro atoms. The van der Waals surface area contributed by atoms with Gasteiger partial charge in [0.05, 0.1) is 50.5 Å². The molecular formula is C40H47N13S3. The van der Waals surface area contributed by atoms with Crippen molar-refractivity contribution in [2.45, 2.75) is 51.4 Å². The number of piperidine rings is 2. The van der Waals surface area contributed by atoms with Crippen LogP contribution in [0.25, 0.3) is 38.9 Å². The van der Waals surface area contributed by atoms with Gasteiger partial charge >= 0.3 is 0 Å². The lowest BCUT2D eigenvalue weighted by Gasteiger charge is -2.23. The summed E-state index contributed by atoms with van der Waals surface area (Å²) in [5, 5.41) is 34.0. The highest BCUT2D eigenvalue weighted by molar-refractivity contribution is 8.02. The van der Waals surface area contributed by atoms with Crippen molar-refractivity contribution in [3.8, 4) is 21.6 Å². The van der Waals surface area contributed by atoms with Crippen molar-refractivity contribution in [3.63, 3.8) is 0 Å². The van der Waals surface area contributed by atoms with Crippen LogP contribution in [0.15, 0.2) is 83.1 Å². The first-order chi connectivity index (χ1) is 27.4. The SMILES string of the molecule is C=C(C)/C=C(/Nc1cc(C2CCCNC2)nc2c(-c3cnc(/C=C(C)/C=C(/Nc4cc(C5CCCNC5)nc5c(-c6cn[nH]c6)cnn45)SC)s3)cnn12)SC. The second-order valence-electron chi connectivity index (χ2n) is 14.3. The van der Waals surface area contributed by atoms with Crippen LogP contribution in [0.3, 0.4) is 0 Å². The number of hydrogen-bond donors (Lipinski definition) is 5. The maximum absolute atomic E-state index is 5.22. The second kappa shape index (κ2) is 17.2. The van der Waals surface area contributed by atoms with E-state index >= 15 is 0 Å². The van der Waals surface area contributed by atoms with Gasteiger partial charge < -0.3 is 21.3 Å². The molecule has 2 fully saturated rings. The Bertz CT molecular complexity index is 2420. The van der Waals surface area contributed by atoms with Crippen molar-refractivity contribution in [1.82, 2.24) is 55.0 Å². The summed E-state index contributed by atoms with van der Waals surface area (Å²) < 4.78 is 3.79. The summed E-state index contributed by atoms with van der Waals surface area (Å²) in [6, 6.07) is 4.29. The van der Waals surface area contributed by atoms with Gasteiger partial charge in [-0.3, -0.25) is 5.10 Å². The Morgan fingerprint density at radius 1 is 0.839 bits per heavy atom. The number of H-pyrrole nitrogens is 1. The number of hydrogen-bond acceptors (Lipinski definition) is 13. The smallest absolute Gasteiger partial charge is 0.166 e. The van der Waals surface area contributed by atoms with Gasteiger partial charge in [0.15, 0.2) is 11.3 Å². The van der Waals surface area contributed by atoms with E-state index in [1.165, 1.54) is 0 Å². The highest BCUT2D eigenvalue weighted by Crippen LogP contribution is 2.35. The summed E-state index contributed by atoms with van der Waals surface area (Å²) in [6.07, 6.45) is 24.3. The molecule has 8 heterocycles. The van der Waals surface area contributed by atoms with Crippen molar-refractivity contribution in [1.29, 1.82) is 0 Å². The Kier molecular flexibility index (Phi) is 11.7. The molecule has 56 heavy (non-hydrogen) atoms. The molecule has 8 rings (SSSR count). The van der Waals surface area contributed by atoms with E-state index in [-0.39, 0.29) is 0 Å². The van der Waals surface area contributed by atoms with Crippen LogP contribution in [-0.2, 0) is 0 Å². The van der Waals surface area contributed by atoms with E-state index in [2.05, 4.69) is 87.8 Å². The Balaban J connectivity index is 1.09. The normalized spacial score (nSPS) is 18.5. The zero-order chi connectivity index (χ0) is 38.6. The van der Waals surface area contributed by atoms with Crippen molar-refractivity contribution >= 4 is 63.9 Å². The number of aromatic amines is 1. The van der Waals surface area contributed by atoms with Gasteiger partial charge in [-0.15, -0.1) is 34.9 Å². The molecule has 0 radical (unpaired) electrons. The number of allylic oxidation sites excluding steroid dienone is 4. The molecule has 6 aromatic heterocycles. The zero-order valence-electron chi connectivity index (χ0n) is 32.1. The molecule has 0 aromatic carbocycles. The standard InChI is InChI=1S/C40H47N13S3/c1-24(2)12-37(54-4)50-34-16-32(27-9-7-11-42-18-27)49-40-30(22-47-53(34)40)33-23-43-36(56-33)13-25(3)14-38(55-5)51-35-15-31(26-8-6-10-41-17-26)48-39-29(21-46-52(35)39)28-19-44-45-20-28/h12-16,19-23,26-27,41-42,50-51H,1,6-11,17-18H2,2-5H3,(H,44,45)/b25-13+,37-12-,38-14-. The summed E-state index contributed by atoms with van der Waals surface area (Å²) in [6.45, 7) is 12.1. The molecule has 2 aliphatic heterocycles. The van der Waals surface area contributed by atoms with E-state index in [9.17, 15) is 0 Å². The number of nitrogens with one attached hydrogen (secondary N) is 5. The molecular weight excluding hydrogens is 759 g/mol. The van der Waals surface area contributed by atoms with E-state index in [1.807, 2.05) is 46.9 Å². The number of nitrogens with zero attached hydrogens (tertiary/aromatic N) is 8. The van der Waals surface area contributed by atoms with Crippen LogP contribution in [0.2, 0.25) is 0 Å². The van der Waals surface area contributed by atoms with Crippen molar-refractivity contribution in [2.24, 2.45) is 0 Å². The molecule has 0 bridgehead atoms. The van der Waals surface area contributed by atoms with Crippen LogP contribution in [0.5, 0.6) is 0 Å². The molecule has 16 heteroatoms. The highest BCUT2D eigenvalue weighted by Gasteiger charge is 2.23. The summed E-state index contributed by atoms with van der Waals surface area (Å²) in [5.74, 6) is 2.41. The molecule has 0 aliphatic carbocycles. The predicted molar refractivity (Wildman–Crippen MR) is 233 cm³/mol. The Morgan fingerprint density at radius 2 is 1.45 bits per heavy atom. The maximum Gasteiger partial charge on any atom is 0.166 e. The summed E-state index contributed by atoms with van der Waals surface area (Å²) >= 11 is 4.93. The molecule has 5 N–H and O–H groups in total. The van der Waals surface area contributed by atoms with Gasteiger partial charge in [-0.05, 0) is 88.9 Å². The van der Waals surface area contributed by atoms with E-state index in [1.54, 1.807) is 34.9 Å². The van der Waals surface area contributed by atoms with Crippen molar-refractivity contribution in [3.05, 3.63) is 99.4 Å². The molecule has 2 unspecified atom stereocenters. The molecule has 0 saturated carbocycles. The average molecular weight is 806 g/mol. The minimum Gasteiger partial charge on any atom is -0.335 e. The number of anilines is 2. The Morgan fingerprint density at radius 3 is 2.00 bits per heavy atom. The molecule has 0 amide bonds. The van der Waals surface area contributed by atoms with E-state index in [0.29, 0.717) is 11.8 Å². The first-order valence-corrected chi connectivity index (χ1v) is 22.2. The van der Waals surface area contributed by atoms with Crippen LogP contribution in [0.4, 0.5) is 11.6 Å². The van der Waals surface area contributed by atoms with Gasteiger partial charge in [0.25, 0.3) is 0 Å². The number of fused-ring (bicyclic) bond motifs is 2. The van der Waals surface area contributed by atoms with Crippen LogP contribution >= 0.6 is 34.9 Å². The third-order valence-electron chi connectivity index (χ3n) is 10.0. The average Bonchev–Trinajstić information content (AvgIpc) is 4.05. The number of aromatic nitrogens is 9. The van der Waals surface area contributed by atoms with E-state index < -0.39 is 0 Å².